The van der Waals surface area contributed by atoms with Crippen molar-refractivity contribution < 1.29 is 0 Å². The minimum Gasteiger partial charge on any atom is -0.121 e. The SMILES string of the molecule is ClC1[CH]CC(Cl)C1Cl. The Bertz CT molecular complexity index is 73.7. The molecule has 0 amide bonds. The van der Waals surface area contributed by atoms with Gasteiger partial charge in [0.25, 0.3) is 0 Å². The maximum Gasteiger partial charge on any atom is 0.0666 e. The molecule has 1 saturated carbocycles. The molecule has 0 spiro atoms. The first-order chi connectivity index (χ1) is 3.72. The third kappa shape index (κ3) is 1.23. The van der Waals surface area contributed by atoms with Crippen LogP contribution in [-0.2, 0) is 0 Å². The number of halogens is 3. The quantitative estimate of drug-likeness (QED) is 0.492. The molecule has 1 aliphatic carbocycles. The predicted molar refractivity (Wildman–Crippen MR) is 37.8 cm³/mol. The summed E-state index contributed by atoms with van der Waals surface area (Å²) in [5.74, 6) is 0. The zero-order chi connectivity index (χ0) is 6.15. The van der Waals surface area contributed by atoms with Gasteiger partial charge in [0.15, 0.2) is 0 Å². The third-order valence-corrected chi connectivity index (χ3v) is 2.97. The van der Waals surface area contributed by atoms with E-state index in [1.807, 2.05) is 6.42 Å². The van der Waals surface area contributed by atoms with Gasteiger partial charge < -0.3 is 0 Å². The summed E-state index contributed by atoms with van der Waals surface area (Å²) in [6, 6.07) is 0. The molecule has 0 saturated heterocycles. The van der Waals surface area contributed by atoms with Gasteiger partial charge in [-0.3, -0.25) is 0 Å². The molecule has 47 valence electrons. The first-order valence-electron chi connectivity index (χ1n) is 2.47. The van der Waals surface area contributed by atoms with Crippen LogP contribution in [0.1, 0.15) is 6.42 Å². The molecular formula is C5H6Cl3. The summed E-state index contributed by atoms with van der Waals surface area (Å²) in [6.07, 6.45) is 2.78. The van der Waals surface area contributed by atoms with Crippen molar-refractivity contribution in [3.8, 4) is 0 Å². The minimum absolute atomic E-state index is 0.0285. The Labute approximate surface area is 64.1 Å². The summed E-state index contributed by atoms with van der Waals surface area (Å²) in [5, 5.41) is -0.0586. The second-order valence-electron chi connectivity index (χ2n) is 1.88. The fourth-order valence-electron chi connectivity index (χ4n) is 0.719. The van der Waals surface area contributed by atoms with E-state index in [9.17, 15) is 0 Å². The normalized spacial score (nSPS) is 47.6. The van der Waals surface area contributed by atoms with E-state index in [2.05, 4.69) is 0 Å². The molecule has 0 aromatic rings. The van der Waals surface area contributed by atoms with Crippen LogP contribution in [0.5, 0.6) is 0 Å². The molecule has 0 aromatic heterocycles. The van der Waals surface area contributed by atoms with Gasteiger partial charge in [-0.1, -0.05) is 0 Å². The van der Waals surface area contributed by atoms with Gasteiger partial charge in [0, 0.05) is 0 Å². The summed E-state index contributed by atoms with van der Waals surface area (Å²) in [5.41, 5.74) is 0. The Hall–Kier alpha value is 0.870. The molecule has 1 fully saturated rings. The Morgan fingerprint density at radius 3 is 2.00 bits per heavy atom. The van der Waals surface area contributed by atoms with Gasteiger partial charge >= 0.3 is 0 Å². The molecule has 0 aromatic carbocycles. The van der Waals surface area contributed by atoms with Crippen molar-refractivity contribution in [2.45, 2.75) is 22.6 Å². The van der Waals surface area contributed by atoms with Crippen molar-refractivity contribution in [2.75, 3.05) is 0 Å². The van der Waals surface area contributed by atoms with Crippen LogP contribution in [0.2, 0.25) is 0 Å². The zero-order valence-electron chi connectivity index (χ0n) is 4.15. The lowest BCUT2D eigenvalue weighted by atomic mass is 10.4. The Morgan fingerprint density at radius 2 is 1.88 bits per heavy atom. The number of hydrogen-bond acceptors (Lipinski definition) is 0. The zero-order valence-corrected chi connectivity index (χ0v) is 6.42. The van der Waals surface area contributed by atoms with Crippen LogP contribution in [0.25, 0.3) is 0 Å². The van der Waals surface area contributed by atoms with Crippen molar-refractivity contribution in [1.82, 2.24) is 0 Å². The molecule has 3 heteroatoms. The molecule has 1 radical (unpaired) electrons. The number of hydrogen-bond donors (Lipinski definition) is 0. The summed E-state index contributed by atoms with van der Waals surface area (Å²) >= 11 is 17.1. The molecule has 0 bridgehead atoms. The van der Waals surface area contributed by atoms with Crippen molar-refractivity contribution in [1.29, 1.82) is 0 Å². The smallest absolute Gasteiger partial charge is 0.0666 e. The first-order valence-corrected chi connectivity index (χ1v) is 3.78. The molecule has 8 heavy (non-hydrogen) atoms. The third-order valence-electron chi connectivity index (χ3n) is 1.24. The van der Waals surface area contributed by atoms with Crippen LogP contribution in [0.15, 0.2) is 0 Å². The number of alkyl halides is 3. The van der Waals surface area contributed by atoms with Crippen LogP contribution >= 0.6 is 34.8 Å². The highest BCUT2D eigenvalue weighted by Crippen LogP contribution is 2.31. The summed E-state index contributed by atoms with van der Waals surface area (Å²) in [7, 11) is 0. The van der Waals surface area contributed by atoms with E-state index >= 15 is 0 Å². The van der Waals surface area contributed by atoms with Gasteiger partial charge in [0.2, 0.25) is 0 Å². The van der Waals surface area contributed by atoms with Crippen LogP contribution in [0.3, 0.4) is 0 Å². The van der Waals surface area contributed by atoms with Crippen LogP contribution in [-0.4, -0.2) is 16.1 Å². The molecule has 0 nitrogen and oxygen atoms in total. The van der Waals surface area contributed by atoms with Crippen LogP contribution < -0.4 is 0 Å². The second-order valence-corrected chi connectivity index (χ2v) is 3.44. The molecule has 0 aliphatic heterocycles. The van der Waals surface area contributed by atoms with E-state index in [-0.39, 0.29) is 16.1 Å². The van der Waals surface area contributed by atoms with E-state index in [0.29, 0.717) is 0 Å². The van der Waals surface area contributed by atoms with Gasteiger partial charge in [-0.15, -0.1) is 34.8 Å². The first kappa shape index (κ1) is 6.98. The average Bonchev–Trinajstić information content (AvgIpc) is 1.98. The molecule has 0 heterocycles. The monoisotopic (exact) mass is 171 g/mol. The highest BCUT2D eigenvalue weighted by Gasteiger charge is 2.31. The predicted octanol–water partition coefficient (Wildman–Crippen LogP) is 2.42. The lowest BCUT2D eigenvalue weighted by Crippen LogP contribution is -2.13. The van der Waals surface area contributed by atoms with E-state index in [0.717, 1.165) is 6.42 Å². The van der Waals surface area contributed by atoms with Gasteiger partial charge in [-0.25, -0.2) is 0 Å². The van der Waals surface area contributed by atoms with Crippen molar-refractivity contribution in [3.63, 3.8) is 0 Å². The average molecular weight is 172 g/mol. The molecule has 0 N–H and O–H groups in total. The van der Waals surface area contributed by atoms with Gasteiger partial charge in [-0.05, 0) is 12.8 Å². The van der Waals surface area contributed by atoms with Crippen molar-refractivity contribution >= 4 is 34.8 Å². The highest BCUT2D eigenvalue weighted by molar-refractivity contribution is 6.36. The van der Waals surface area contributed by atoms with E-state index in [1.54, 1.807) is 0 Å². The maximum absolute atomic E-state index is 5.72. The van der Waals surface area contributed by atoms with Gasteiger partial charge in [-0.2, -0.15) is 0 Å². The fourth-order valence-corrected chi connectivity index (χ4v) is 1.54. The largest absolute Gasteiger partial charge is 0.121 e. The van der Waals surface area contributed by atoms with E-state index in [4.69, 9.17) is 34.8 Å². The van der Waals surface area contributed by atoms with Crippen molar-refractivity contribution in [2.24, 2.45) is 0 Å². The molecular weight excluding hydrogens is 166 g/mol. The van der Waals surface area contributed by atoms with Crippen LogP contribution in [0.4, 0.5) is 0 Å². The van der Waals surface area contributed by atoms with Gasteiger partial charge in [0.05, 0.1) is 16.1 Å². The second kappa shape index (κ2) is 2.64. The fraction of sp³-hybridized carbons (Fsp3) is 0.800. The minimum atomic E-state index is -0.0710. The summed E-state index contributed by atoms with van der Waals surface area (Å²) in [4.78, 5) is 0. The Balaban J connectivity index is 2.44. The topological polar surface area (TPSA) is 0 Å². The van der Waals surface area contributed by atoms with Crippen molar-refractivity contribution in [3.05, 3.63) is 6.42 Å². The van der Waals surface area contributed by atoms with Crippen LogP contribution in [0, 0.1) is 6.42 Å². The standard InChI is InChI=1S/C5H6Cl3/c6-3-1-2-4(7)5(3)8/h1,3-5H,2H2. The summed E-state index contributed by atoms with van der Waals surface area (Å²) in [6.45, 7) is 0. The highest BCUT2D eigenvalue weighted by atomic mass is 35.5. The lowest BCUT2D eigenvalue weighted by Gasteiger charge is -2.05. The lowest BCUT2D eigenvalue weighted by molar-refractivity contribution is 0.908. The maximum atomic E-state index is 5.72. The Morgan fingerprint density at radius 1 is 1.25 bits per heavy atom. The molecule has 1 rings (SSSR count). The molecule has 3 atom stereocenters. The summed E-state index contributed by atoms with van der Waals surface area (Å²) < 4.78 is 0. The van der Waals surface area contributed by atoms with E-state index in [1.165, 1.54) is 0 Å². The van der Waals surface area contributed by atoms with Gasteiger partial charge in [0.1, 0.15) is 0 Å². The number of rotatable bonds is 0. The van der Waals surface area contributed by atoms with E-state index < -0.39 is 0 Å². The molecule has 1 aliphatic rings. The Kier molecular flexibility index (Phi) is 2.30. The molecule has 3 unspecified atom stereocenters.